The largest absolute Gasteiger partial charge is 0.462 e. The summed E-state index contributed by atoms with van der Waals surface area (Å²) >= 11 is 0. The first-order valence-electron chi connectivity index (χ1n) is 27.8. The van der Waals surface area contributed by atoms with Gasteiger partial charge < -0.3 is 14.2 Å². The van der Waals surface area contributed by atoms with E-state index in [1.807, 2.05) is 0 Å². The summed E-state index contributed by atoms with van der Waals surface area (Å²) in [5.41, 5.74) is 0. The molecule has 0 aliphatic rings. The number of unbranched alkanes of at least 4 members (excludes halogenated alkanes) is 36. The van der Waals surface area contributed by atoms with Gasteiger partial charge in [-0.15, -0.1) is 0 Å². The second kappa shape index (κ2) is 52.5. The maximum absolute atomic E-state index is 12.8. The average Bonchev–Trinajstić information content (AvgIpc) is 3.28. The molecular weight excluding hydrogens is 781 g/mol. The van der Waals surface area contributed by atoms with E-state index in [9.17, 15) is 14.4 Å². The van der Waals surface area contributed by atoms with Gasteiger partial charge in [0.05, 0.1) is 0 Å². The van der Waals surface area contributed by atoms with Crippen LogP contribution in [-0.4, -0.2) is 37.2 Å². The Morgan fingerprint density at radius 3 is 0.873 bits per heavy atom. The van der Waals surface area contributed by atoms with Gasteiger partial charge in [-0.1, -0.05) is 257 Å². The van der Waals surface area contributed by atoms with Crippen LogP contribution < -0.4 is 0 Å². The standard InChI is InChI=1S/C57H106O6/c1-4-7-10-13-16-19-22-24-25-26-27-28-29-30-31-32-33-34-36-38-41-44-47-50-56(59)62-53-54(52-61-55(58)49-46-43-40-37-21-18-15-12-9-6-3)63-57(60)51-48-45-42-39-35-23-20-17-14-11-8-5-2/h22,24,26-27,54H,4-21,23,25,28-53H2,1-3H3/b24-22-,27-26-. The second-order valence-corrected chi connectivity index (χ2v) is 18.9. The zero-order valence-corrected chi connectivity index (χ0v) is 42.4. The van der Waals surface area contributed by atoms with Crippen molar-refractivity contribution < 1.29 is 28.6 Å². The van der Waals surface area contributed by atoms with Gasteiger partial charge in [-0.3, -0.25) is 14.4 Å². The van der Waals surface area contributed by atoms with Crippen LogP contribution in [-0.2, 0) is 28.6 Å². The molecule has 0 aliphatic heterocycles. The topological polar surface area (TPSA) is 78.9 Å². The predicted molar refractivity (Wildman–Crippen MR) is 270 cm³/mol. The normalized spacial score (nSPS) is 12.1. The lowest BCUT2D eigenvalue weighted by Gasteiger charge is -2.18. The summed E-state index contributed by atoms with van der Waals surface area (Å²) in [5, 5.41) is 0. The molecule has 1 unspecified atom stereocenters. The van der Waals surface area contributed by atoms with Crippen LogP contribution in [0.1, 0.15) is 303 Å². The molecule has 1 atom stereocenters. The van der Waals surface area contributed by atoms with Gasteiger partial charge in [-0.25, -0.2) is 0 Å². The van der Waals surface area contributed by atoms with Crippen molar-refractivity contribution in [3.8, 4) is 0 Å². The average molecular weight is 887 g/mol. The van der Waals surface area contributed by atoms with E-state index in [4.69, 9.17) is 14.2 Å². The minimum absolute atomic E-state index is 0.0666. The first-order chi connectivity index (χ1) is 31.0. The molecule has 0 saturated heterocycles. The molecule has 0 saturated carbocycles. The highest BCUT2D eigenvalue weighted by atomic mass is 16.6. The minimum atomic E-state index is -0.765. The lowest BCUT2D eigenvalue weighted by Crippen LogP contribution is -2.30. The fraction of sp³-hybridized carbons (Fsp3) is 0.877. The lowest BCUT2D eigenvalue weighted by atomic mass is 10.0. The molecule has 0 aromatic rings. The van der Waals surface area contributed by atoms with Crippen molar-refractivity contribution in [2.75, 3.05) is 13.2 Å². The number of hydrogen-bond acceptors (Lipinski definition) is 6. The molecular formula is C57H106O6. The highest BCUT2D eigenvalue weighted by Gasteiger charge is 2.19. The van der Waals surface area contributed by atoms with Gasteiger partial charge in [0.1, 0.15) is 13.2 Å². The Morgan fingerprint density at radius 1 is 0.317 bits per heavy atom. The van der Waals surface area contributed by atoms with Gasteiger partial charge in [0.25, 0.3) is 0 Å². The second-order valence-electron chi connectivity index (χ2n) is 18.9. The van der Waals surface area contributed by atoms with Crippen LogP contribution in [0.15, 0.2) is 24.3 Å². The molecule has 0 N–H and O–H groups in total. The predicted octanol–water partition coefficient (Wildman–Crippen LogP) is 18.3. The van der Waals surface area contributed by atoms with Gasteiger partial charge in [-0.2, -0.15) is 0 Å². The van der Waals surface area contributed by atoms with E-state index in [1.165, 1.54) is 199 Å². The number of rotatable bonds is 51. The lowest BCUT2D eigenvalue weighted by molar-refractivity contribution is -0.167. The Morgan fingerprint density at radius 2 is 0.571 bits per heavy atom. The molecule has 0 aliphatic carbocycles. The van der Waals surface area contributed by atoms with Crippen LogP contribution in [0.3, 0.4) is 0 Å². The van der Waals surface area contributed by atoms with Gasteiger partial charge in [-0.05, 0) is 51.4 Å². The van der Waals surface area contributed by atoms with E-state index in [0.717, 1.165) is 64.2 Å². The van der Waals surface area contributed by atoms with E-state index in [-0.39, 0.29) is 31.1 Å². The van der Waals surface area contributed by atoms with Crippen molar-refractivity contribution in [1.82, 2.24) is 0 Å². The maximum atomic E-state index is 12.8. The van der Waals surface area contributed by atoms with Gasteiger partial charge in [0, 0.05) is 19.3 Å². The molecule has 0 spiro atoms. The maximum Gasteiger partial charge on any atom is 0.306 e. The molecule has 0 amide bonds. The fourth-order valence-corrected chi connectivity index (χ4v) is 8.24. The van der Waals surface area contributed by atoms with Crippen molar-refractivity contribution in [3.63, 3.8) is 0 Å². The Labute approximate surface area is 392 Å². The SMILES string of the molecule is CCCCCCC/C=C\C/C=C\CCCCCCCCCCCCCC(=O)OCC(COC(=O)CCCCCCCCCCCC)OC(=O)CCCCCCCCCCCCCC. The van der Waals surface area contributed by atoms with Crippen molar-refractivity contribution in [1.29, 1.82) is 0 Å². The molecule has 0 heterocycles. The van der Waals surface area contributed by atoms with E-state index in [1.54, 1.807) is 0 Å². The summed E-state index contributed by atoms with van der Waals surface area (Å²) in [6.07, 6.45) is 60.3. The number of ether oxygens (including phenoxy) is 3. The highest BCUT2D eigenvalue weighted by Crippen LogP contribution is 2.16. The zero-order chi connectivity index (χ0) is 45.8. The zero-order valence-electron chi connectivity index (χ0n) is 42.4. The first-order valence-corrected chi connectivity index (χ1v) is 27.8. The van der Waals surface area contributed by atoms with E-state index in [2.05, 4.69) is 45.1 Å². The van der Waals surface area contributed by atoms with Crippen molar-refractivity contribution in [2.24, 2.45) is 0 Å². The monoisotopic (exact) mass is 887 g/mol. The Bertz CT molecular complexity index is 1020. The third-order valence-corrected chi connectivity index (χ3v) is 12.5. The number of carbonyl (C=O) groups excluding carboxylic acids is 3. The highest BCUT2D eigenvalue weighted by molar-refractivity contribution is 5.71. The Balaban J connectivity index is 4.19. The van der Waals surface area contributed by atoms with Crippen molar-refractivity contribution in [2.45, 2.75) is 309 Å². The molecule has 0 bridgehead atoms. The Kier molecular flexibility index (Phi) is 50.8. The first kappa shape index (κ1) is 60.9. The van der Waals surface area contributed by atoms with Gasteiger partial charge >= 0.3 is 17.9 Å². The fourth-order valence-electron chi connectivity index (χ4n) is 8.24. The number of allylic oxidation sites excluding steroid dienone is 4. The number of hydrogen-bond donors (Lipinski definition) is 0. The van der Waals surface area contributed by atoms with Crippen LogP contribution in [0, 0.1) is 0 Å². The molecule has 0 radical (unpaired) electrons. The summed E-state index contributed by atoms with van der Waals surface area (Å²) in [4.78, 5) is 37.9. The van der Waals surface area contributed by atoms with Crippen molar-refractivity contribution in [3.05, 3.63) is 24.3 Å². The van der Waals surface area contributed by atoms with Crippen LogP contribution in [0.5, 0.6) is 0 Å². The molecule has 0 aromatic carbocycles. The summed E-state index contributed by atoms with van der Waals surface area (Å²) in [5.74, 6) is -0.854. The third kappa shape index (κ3) is 50.7. The van der Waals surface area contributed by atoms with Crippen LogP contribution in [0.4, 0.5) is 0 Å². The van der Waals surface area contributed by atoms with Gasteiger partial charge in [0.15, 0.2) is 6.10 Å². The van der Waals surface area contributed by atoms with E-state index < -0.39 is 6.10 Å². The molecule has 0 fully saturated rings. The van der Waals surface area contributed by atoms with Crippen LogP contribution in [0.25, 0.3) is 0 Å². The molecule has 6 nitrogen and oxygen atoms in total. The third-order valence-electron chi connectivity index (χ3n) is 12.5. The summed E-state index contributed by atoms with van der Waals surface area (Å²) < 4.78 is 16.8. The summed E-state index contributed by atoms with van der Waals surface area (Å²) in [6.45, 7) is 6.65. The molecule has 370 valence electrons. The van der Waals surface area contributed by atoms with Crippen molar-refractivity contribution >= 4 is 17.9 Å². The molecule has 63 heavy (non-hydrogen) atoms. The summed E-state index contributed by atoms with van der Waals surface area (Å²) in [6, 6.07) is 0. The minimum Gasteiger partial charge on any atom is -0.462 e. The summed E-state index contributed by atoms with van der Waals surface area (Å²) in [7, 11) is 0. The smallest absolute Gasteiger partial charge is 0.306 e. The van der Waals surface area contributed by atoms with Crippen LogP contribution >= 0.6 is 0 Å². The quantitative estimate of drug-likeness (QED) is 0.0262. The van der Waals surface area contributed by atoms with E-state index in [0.29, 0.717) is 19.3 Å². The number of carbonyl (C=O) groups is 3. The van der Waals surface area contributed by atoms with Gasteiger partial charge in [0.2, 0.25) is 0 Å². The number of esters is 3. The molecule has 6 heteroatoms. The van der Waals surface area contributed by atoms with E-state index >= 15 is 0 Å². The molecule has 0 rings (SSSR count). The molecule has 0 aromatic heterocycles. The van der Waals surface area contributed by atoms with Crippen LogP contribution in [0.2, 0.25) is 0 Å². The Hall–Kier alpha value is -2.11.